The number of carbonyl (C=O) groups is 1. The van der Waals surface area contributed by atoms with Crippen LogP contribution in [0.15, 0.2) is 73.1 Å². The normalized spacial score (nSPS) is 15.8. The third-order valence-electron chi connectivity index (χ3n) is 6.58. The Balaban J connectivity index is 1.40. The van der Waals surface area contributed by atoms with Crippen LogP contribution < -0.4 is 4.74 Å². The number of para-hydroxylation sites is 1. The van der Waals surface area contributed by atoms with E-state index < -0.39 is 0 Å². The lowest BCUT2D eigenvalue weighted by Crippen LogP contribution is -2.45. The molecule has 0 N–H and O–H groups in total. The SMILES string of the molecule is CN(Cc1ccccc1)C(=O)CC1(COc2ccccc2)CCN(Cc2cnn(C)c2)CC1. The van der Waals surface area contributed by atoms with Gasteiger partial charge < -0.3 is 9.64 Å². The molecule has 1 aliphatic rings. The molecule has 4 rings (SSSR count). The molecule has 0 radical (unpaired) electrons. The summed E-state index contributed by atoms with van der Waals surface area (Å²) in [6.07, 6.45) is 6.38. The summed E-state index contributed by atoms with van der Waals surface area (Å²) >= 11 is 0. The van der Waals surface area contributed by atoms with Gasteiger partial charge in [0.2, 0.25) is 5.91 Å². The molecule has 3 aromatic rings. The van der Waals surface area contributed by atoms with E-state index in [0.717, 1.165) is 43.8 Å². The maximum atomic E-state index is 13.3. The largest absolute Gasteiger partial charge is 0.493 e. The van der Waals surface area contributed by atoms with Gasteiger partial charge in [-0.3, -0.25) is 14.4 Å². The molecule has 2 aromatic carbocycles. The van der Waals surface area contributed by atoms with E-state index in [1.807, 2.05) is 78.4 Å². The van der Waals surface area contributed by atoms with Crippen molar-refractivity contribution < 1.29 is 9.53 Å². The molecule has 1 saturated heterocycles. The van der Waals surface area contributed by atoms with Gasteiger partial charge >= 0.3 is 0 Å². The zero-order valence-electron chi connectivity index (χ0n) is 19.7. The molecule has 0 spiro atoms. The average molecular weight is 447 g/mol. The minimum atomic E-state index is -0.163. The molecule has 0 saturated carbocycles. The number of piperidine rings is 1. The topological polar surface area (TPSA) is 50.6 Å². The van der Waals surface area contributed by atoms with Gasteiger partial charge in [0.25, 0.3) is 0 Å². The smallest absolute Gasteiger partial charge is 0.223 e. The van der Waals surface area contributed by atoms with Gasteiger partial charge in [-0.25, -0.2) is 0 Å². The molecular formula is C27H34N4O2. The van der Waals surface area contributed by atoms with Crippen molar-refractivity contribution >= 4 is 5.91 Å². The molecule has 0 bridgehead atoms. The molecule has 33 heavy (non-hydrogen) atoms. The minimum Gasteiger partial charge on any atom is -0.493 e. The number of ether oxygens (including phenoxy) is 1. The van der Waals surface area contributed by atoms with Crippen molar-refractivity contribution in [3.05, 3.63) is 84.2 Å². The Morgan fingerprint density at radius 1 is 1.03 bits per heavy atom. The number of aryl methyl sites for hydroxylation is 1. The predicted octanol–water partition coefficient (Wildman–Crippen LogP) is 4.13. The molecule has 1 fully saturated rings. The van der Waals surface area contributed by atoms with E-state index >= 15 is 0 Å². The molecule has 174 valence electrons. The van der Waals surface area contributed by atoms with Gasteiger partial charge in [-0.1, -0.05) is 48.5 Å². The summed E-state index contributed by atoms with van der Waals surface area (Å²) in [5.74, 6) is 1.04. The first-order valence-electron chi connectivity index (χ1n) is 11.7. The number of benzene rings is 2. The van der Waals surface area contributed by atoms with Crippen molar-refractivity contribution in [2.75, 3.05) is 26.7 Å². The van der Waals surface area contributed by atoms with Crippen LogP contribution in [0.4, 0.5) is 0 Å². The molecule has 0 atom stereocenters. The standard InChI is InChI=1S/C27H34N4O2/c1-29(19-23-9-5-3-6-10-23)26(32)17-27(22-33-25-11-7-4-8-12-25)13-15-31(16-14-27)21-24-18-28-30(2)20-24/h3-12,18,20H,13-17,19,21-22H2,1-2H3. The maximum absolute atomic E-state index is 13.3. The fourth-order valence-electron chi connectivity index (χ4n) is 4.52. The highest BCUT2D eigenvalue weighted by Gasteiger charge is 2.38. The van der Waals surface area contributed by atoms with Gasteiger partial charge in [-0.15, -0.1) is 0 Å². The number of aromatic nitrogens is 2. The number of carbonyl (C=O) groups excluding carboxylic acids is 1. The highest BCUT2D eigenvalue weighted by Crippen LogP contribution is 2.37. The van der Waals surface area contributed by atoms with Crippen molar-refractivity contribution in [3.63, 3.8) is 0 Å². The van der Waals surface area contributed by atoms with Crippen molar-refractivity contribution in [1.82, 2.24) is 19.6 Å². The number of rotatable bonds is 9. The Labute approximate surface area is 196 Å². The van der Waals surface area contributed by atoms with Gasteiger partial charge in [-0.05, 0) is 43.6 Å². The van der Waals surface area contributed by atoms with E-state index in [2.05, 4.69) is 28.3 Å². The summed E-state index contributed by atoms with van der Waals surface area (Å²) in [5, 5.41) is 4.29. The molecule has 0 unspecified atom stereocenters. The van der Waals surface area contributed by atoms with Crippen LogP contribution in [0.5, 0.6) is 5.75 Å². The molecule has 6 nitrogen and oxygen atoms in total. The number of nitrogens with zero attached hydrogens (tertiary/aromatic N) is 4. The summed E-state index contributed by atoms with van der Waals surface area (Å²) in [6.45, 7) is 3.97. The van der Waals surface area contributed by atoms with Gasteiger partial charge in [0.1, 0.15) is 5.75 Å². The Morgan fingerprint density at radius 3 is 2.33 bits per heavy atom. The van der Waals surface area contributed by atoms with Gasteiger partial charge in [0.15, 0.2) is 0 Å². The van der Waals surface area contributed by atoms with E-state index in [1.165, 1.54) is 5.56 Å². The molecular weight excluding hydrogens is 412 g/mol. The summed E-state index contributed by atoms with van der Waals surface area (Å²) in [6, 6.07) is 20.1. The Morgan fingerprint density at radius 2 is 1.70 bits per heavy atom. The first kappa shape index (κ1) is 23.1. The molecule has 1 amide bonds. The van der Waals surface area contributed by atoms with Crippen LogP contribution in [0.25, 0.3) is 0 Å². The second-order valence-corrected chi connectivity index (χ2v) is 9.31. The van der Waals surface area contributed by atoms with E-state index in [1.54, 1.807) is 0 Å². The van der Waals surface area contributed by atoms with Crippen LogP contribution in [0.1, 0.15) is 30.4 Å². The van der Waals surface area contributed by atoms with Gasteiger partial charge in [0, 0.05) is 50.8 Å². The highest BCUT2D eigenvalue weighted by atomic mass is 16.5. The maximum Gasteiger partial charge on any atom is 0.223 e. The van der Waals surface area contributed by atoms with Crippen molar-refractivity contribution in [2.45, 2.75) is 32.4 Å². The van der Waals surface area contributed by atoms with Crippen molar-refractivity contribution in [3.8, 4) is 5.75 Å². The first-order valence-corrected chi connectivity index (χ1v) is 11.7. The Kier molecular flexibility index (Phi) is 7.45. The van der Waals surface area contributed by atoms with Crippen LogP contribution in [-0.4, -0.2) is 52.2 Å². The highest BCUT2D eigenvalue weighted by molar-refractivity contribution is 5.76. The average Bonchev–Trinajstić information content (AvgIpc) is 3.25. The van der Waals surface area contributed by atoms with Crippen LogP contribution in [0.2, 0.25) is 0 Å². The van der Waals surface area contributed by atoms with E-state index in [9.17, 15) is 4.79 Å². The summed E-state index contributed by atoms with van der Waals surface area (Å²) < 4.78 is 8.05. The lowest BCUT2D eigenvalue weighted by atomic mass is 9.75. The fourth-order valence-corrected chi connectivity index (χ4v) is 4.52. The Hall–Kier alpha value is -3.12. The van der Waals surface area contributed by atoms with Gasteiger partial charge in [0.05, 0.1) is 12.8 Å². The number of amides is 1. The van der Waals surface area contributed by atoms with Crippen LogP contribution in [0.3, 0.4) is 0 Å². The number of hydrogen-bond donors (Lipinski definition) is 0. The third-order valence-corrected chi connectivity index (χ3v) is 6.58. The third kappa shape index (κ3) is 6.45. The molecule has 1 aliphatic heterocycles. The van der Waals surface area contributed by atoms with Crippen LogP contribution in [-0.2, 0) is 24.9 Å². The van der Waals surface area contributed by atoms with Crippen LogP contribution in [0, 0.1) is 5.41 Å². The molecule has 2 heterocycles. The second kappa shape index (κ2) is 10.7. The lowest BCUT2D eigenvalue weighted by Gasteiger charge is -2.41. The Bertz CT molecular complexity index is 1010. The molecule has 1 aromatic heterocycles. The van der Waals surface area contributed by atoms with E-state index in [-0.39, 0.29) is 11.3 Å². The first-order chi connectivity index (χ1) is 16.0. The molecule has 6 heteroatoms. The van der Waals surface area contributed by atoms with Crippen LogP contribution >= 0.6 is 0 Å². The molecule has 0 aliphatic carbocycles. The summed E-state index contributed by atoms with van der Waals surface area (Å²) in [7, 11) is 3.85. The van der Waals surface area contributed by atoms with Crippen molar-refractivity contribution in [2.24, 2.45) is 12.5 Å². The summed E-state index contributed by atoms with van der Waals surface area (Å²) in [4.78, 5) is 17.6. The number of hydrogen-bond acceptors (Lipinski definition) is 4. The predicted molar refractivity (Wildman–Crippen MR) is 130 cm³/mol. The van der Waals surface area contributed by atoms with Gasteiger partial charge in [-0.2, -0.15) is 5.10 Å². The van der Waals surface area contributed by atoms with E-state index in [0.29, 0.717) is 19.6 Å². The zero-order chi connectivity index (χ0) is 23.1. The fraction of sp³-hybridized carbons (Fsp3) is 0.407. The van der Waals surface area contributed by atoms with Crippen molar-refractivity contribution in [1.29, 1.82) is 0 Å². The second-order valence-electron chi connectivity index (χ2n) is 9.31. The lowest BCUT2D eigenvalue weighted by molar-refractivity contribution is -0.134. The van der Waals surface area contributed by atoms with E-state index in [4.69, 9.17) is 4.74 Å². The minimum absolute atomic E-state index is 0.163. The zero-order valence-corrected chi connectivity index (χ0v) is 19.7. The monoisotopic (exact) mass is 446 g/mol. The number of likely N-dealkylation sites (tertiary alicyclic amines) is 1. The quantitative estimate of drug-likeness (QED) is 0.496. The summed E-state index contributed by atoms with van der Waals surface area (Å²) in [5.41, 5.74) is 2.21.